The summed E-state index contributed by atoms with van der Waals surface area (Å²) in [6.07, 6.45) is 1.68. The molecular formula is C9H15N3O. The Labute approximate surface area is 78.1 Å². The molecule has 0 saturated carbocycles. The van der Waals surface area contributed by atoms with Crippen LogP contribution in [-0.4, -0.2) is 24.7 Å². The molecule has 0 amide bonds. The number of nitrogens with one attached hydrogen (secondary N) is 1. The molecule has 3 N–H and O–H groups in total. The molecule has 0 spiro atoms. The molecule has 0 bridgehead atoms. The smallest absolute Gasteiger partial charge is 0.128 e. The highest BCUT2D eigenvalue weighted by Crippen LogP contribution is 2.06. The summed E-state index contributed by atoms with van der Waals surface area (Å²) >= 11 is 0. The number of hydrogen-bond donors (Lipinski definition) is 2. The molecule has 1 aromatic rings. The Hall–Kier alpha value is -1.29. The van der Waals surface area contributed by atoms with Gasteiger partial charge in [0.05, 0.1) is 6.61 Å². The van der Waals surface area contributed by atoms with Gasteiger partial charge in [0.25, 0.3) is 0 Å². The molecule has 13 heavy (non-hydrogen) atoms. The van der Waals surface area contributed by atoms with Crippen LogP contribution in [-0.2, 0) is 4.74 Å². The lowest BCUT2D eigenvalue weighted by Gasteiger charge is -2.05. The summed E-state index contributed by atoms with van der Waals surface area (Å²) < 4.78 is 5.16. The van der Waals surface area contributed by atoms with Gasteiger partial charge in [-0.3, -0.25) is 0 Å². The molecule has 4 nitrogen and oxygen atoms in total. The predicted octanol–water partition coefficient (Wildman–Crippen LogP) is 1.11. The highest BCUT2D eigenvalue weighted by atomic mass is 16.5. The van der Waals surface area contributed by atoms with Crippen LogP contribution in [0.15, 0.2) is 18.3 Å². The Balaban J connectivity index is 2.28. The van der Waals surface area contributed by atoms with Gasteiger partial charge in [0, 0.05) is 31.1 Å². The number of rotatable bonds is 5. The lowest BCUT2D eigenvalue weighted by Crippen LogP contribution is -2.10. The summed E-state index contributed by atoms with van der Waals surface area (Å²) in [6.45, 7) is 4.15. The average Bonchev–Trinajstić information content (AvgIpc) is 2.13. The van der Waals surface area contributed by atoms with Gasteiger partial charge in [0.1, 0.15) is 5.82 Å². The van der Waals surface area contributed by atoms with Gasteiger partial charge in [-0.05, 0) is 13.0 Å². The number of nitrogens with zero attached hydrogens (tertiary/aromatic N) is 1. The second-order valence-electron chi connectivity index (χ2n) is 2.60. The van der Waals surface area contributed by atoms with Crippen molar-refractivity contribution in [3.8, 4) is 0 Å². The quantitative estimate of drug-likeness (QED) is 0.668. The molecule has 0 saturated heterocycles. The highest BCUT2D eigenvalue weighted by molar-refractivity contribution is 5.48. The van der Waals surface area contributed by atoms with E-state index >= 15 is 0 Å². The zero-order valence-corrected chi connectivity index (χ0v) is 7.79. The first-order valence-electron chi connectivity index (χ1n) is 4.36. The summed E-state index contributed by atoms with van der Waals surface area (Å²) in [7, 11) is 0. The van der Waals surface area contributed by atoms with Gasteiger partial charge in [-0.15, -0.1) is 0 Å². The number of hydrogen-bond acceptors (Lipinski definition) is 4. The predicted molar refractivity (Wildman–Crippen MR) is 53.6 cm³/mol. The fourth-order valence-electron chi connectivity index (χ4n) is 0.939. The third-order valence-electron chi connectivity index (χ3n) is 1.54. The van der Waals surface area contributed by atoms with Gasteiger partial charge in [-0.1, -0.05) is 0 Å². The van der Waals surface area contributed by atoms with Crippen LogP contribution in [0.25, 0.3) is 0 Å². The normalized spacial score (nSPS) is 9.92. The van der Waals surface area contributed by atoms with Gasteiger partial charge in [0.15, 0.2) is 0 Å². The molecule has 0 aliphatic heterocycles. The zero-order chi connectivity index (χ0) is 9.52. The van der Waals surface area contributed by atoms with Crippen molar-refractivity contribution in [2.75, 3.05) is 30.8 Å². The molecule has 0 unspecified atom stereocenters. The molecule has 1 rings (SSSR count). The van der Waals surface area contributed by atoms with E-state index in [0.717, 1.165) is 19.0 Å². The molecule has 1 heterocycles. The first kappa shape index (κ1) is 9.80. The van der Waals surface area contributed by atoms with Crippen LogP contribution in [0.3, 0.4) is 0 Å². The maximum atomic E-state index is 5.58. The Bertz CT molecular complexity index is 252. The fourth-order valence-corrected chi connectivity index (χ4v) is 0.939. The van der Waals surface area contributed by atoms with E-state index < -0.39 is 0 Å². The molecular weight excluding hydrogens is 166 g/mol. The van der Waals surface area contributed by atoms with E-state index in [4.69, 9.17) is 10.5 Å². The van der Waals surface area contributed by atoms with Gasteiger partial charge in [-0.2, -0.15) is 0 Å². The minimum Gasteiger partial charge on any atom is -0.399 e. The third kappa shape index (κ3) is 3.75. The Kier molecular flexibility index (Phi) is 4.05. The van der Waals surface area contributed by atoms with Crippen LogP contribution in [0.4, 0.5) is 11.5 Å². The van der Waals surface area contributed by atoms with E-state index in [2.05, 4.69) is 10.3 Å². The van der Waals surface area contributed by atoms with Crippen molar-refractivity contribution in [2.45, 2.75) is 6.92 Å². The molecule has 0 atom stereocenters. The van der Waals surface area contributed by atoms with Crippen LogP contribution in [0.5, 0.6) is 0 Å². The van der Waals surface area contributed by atoms with Gasteiger partial charge in [0.2, 0.25) is 0 Å². The standard InChI is InChI=1S/C9H15N3O/c1-2-13-6-5-12-9-7-8(10)3-4-11-9/h3-4,7H,2,5-6H2,1H3,(H3,10,11,12). The molecule has 4 heteroatoms. The molecule has 0 aromatic carbocycles. The minimum atomic E-state index is 0.687. The average molecular weight is 181 g/mol. The topological polar surface area (TPSA) is 60.2 Å². The number of nitrogens with two attached hydrogens (primary N) is 1. The molecule has 72 valence electrons. The summed E-state index contributed by atoms with van der Waals surface area (Å²) in [5.41, 5.74) is 6.29. The van der Waals surface area contributed by atoms with Crippen molar-refractivity contribution >= 4 is 11.5 Å². The largest absolute Gasteiger partial charge is 0.399 e. The molecule has 0 aliphatic rings. The first-order chi connectivity index (χ1) is 6.33. The van der Waals surface area contributed by atoms with Crippen LogP contribution < -0.4 is 11.1 Å². The Morgan fingerprint density at radius 3 is 3.15 bits per heavy atom. The lowest BCUT2D eigenvalue weighted by molar-refractivity contribution is 0.158. The van der Waals surface area contributed by atoms with Gasteiger partial charge in [-0.25, -0.2) is 4.98 Å². The van der Waals surface area contributed by atoms with Crippen molar-refractivity contribution in [3.05, 3.63) is 18.3 Å². The maximum Gasteiger partial charge on any atom is 0.128 e. The number of ether oxygens (including phenoxy) is 1. The number of aromatic nitrogens is 1. The van der Waals surface area contributed by atoms with E-state index in [-0.39, 0.29) is 0 Å². The summed E-state index contributed by atoms with van der Waals surface area (Å²) in [6, 6.07) is 3.56. The molecule has 0 radical (unpaired) electrons. The second kappa shape index (κ2) is 5.37. The van der Waals surface area contributed by atoms with E-state index in [0.29, 0.717) is 12.3 Å². The van der Waals surface area contributed by atoms with E-state index in [9.17, 15) is 0 Å². The Morgan fingerprint density at radius 2 is 2.46 bits per heavy atom. The number of nitrogen functional groups attached to an aromatic ring is 1. The lowest BCUT2D eigenvalue weighted by atomic mass is 10.4. The second-order valence-corrected chi connectivity index (χ2v) is 2.60. The van der Waals surface area contributed by atoms with Gasteiger partial charge >= 0.3 is 0 Å². The first-order valence-corrected chi connectivity index (χ1v) is 4.36. The van der Waals surface area contributed by atoms with Crippen LogP contribution >= 0.6 is 0 Å². The van der Waals surface area contributed by atoms with Crippen molar-refractivity contribution in [1.29, 1.82) is 0 Å². The monoisotopic (exact) mass is 181 g/mol. The van der Waals surface area contributed by atoms with Crippen LogP contribution in [0.2, 0.25) is 0 Å². The highest BCUT2D eigenvalue weighted by Gasteiger charge is 1.92. The Morgan fingerprint density at radius 1 is 1.62 bits per heavy atom. The van der Waals surface area contributed by atoms with Gasteiger partial charge < -0.3 is 15.8 Å². The third-order valence-corrected chi connectivity index (χ3v) is 1.54. The van der Waals surface area contributed by atoms with E-state index in [1.165, 1.54) is 0 Å². The molecule has 0 aliphatic carbocycles. The van der Waals surface area contributed by atoms with E-state index in [1.54, 1.807) is 18.3 Å². The fraction of sp³-hybridized carbons (Fsp3) is 0.444. The van der Waals surface area contributed by atoms with Crippen molar-refractivity contribution in [1.82, 2.24) is 4.98 Å². The molecule has 0 fully saturated rings. The summed E-state index contributed by atoms with van der Waals surface area (Å²) in [4.78, 5) is 4.09. The SMILES string of the molecule is CCOCCNc1cc(N)ccn1. The van der Waals surface area contributed by atoms with Crippen LogP contribution in [0.1, 0.15) is 6.92 Å². The minimum absolute atomic E-state index is 0.687. The molecule has 1 aromatic heterocycles. The van der Waals surface area contributed by atoms with Crippen LogP contribution in [0, 0.1) is 0 Å². The zero-order valence-electron chi connectivity index (χ0n) is 7.79. The number of pyridine rings is 1. The number of anilines is 2. The summed E-state index contributed by atoms with van der Waals surface area (Å²) in [5.74, 6) is 0.791. The van der Waals surface area contributed by atoms with Crippen molar-refractivity contribution in [3.63, 3.8) is 0 Å². The van der Waals surface area contributed by atoms with E-state index in [1.807, 2.05) is 6.92 Å². The summed E-state index contributed by atoms with van der Waals surface area (Å²) in [5, 5.41) is 3.10. The van der Waals surface area contributed by atoms with Crippen molar-refractivity contribution in [2.24, 2.45) is 0 Å². The van der Waals surface area contributed by atoms with Crippen molar-refractivity contribution < 1.29 is 4.74 Å². The maximum absolute atomic E-state index is 5.58.